The van der Waals surface area contributed by atoms with Gasteiger partial charge in [-0.1, -0.05) is 18.2 Å². The molecular weight excluding hydrogens is 381 g/mol. The molecule has 1 aliphatic heterocycles. The van der Waals surface area contributed by atoms with Crippen LogP contribution >= 0.6 is 11.8 Å². The van der Waals surface area contributed by atoms with E-state index < -0.39 is 0 Å². The second-order valence-corrected chi connectivity index (χ2v) is 6.96. The summed E-state index contributed by atoms with van der Waals surface area (Å²) in [6.07, 6.45) is 1.66. The maximum absolute atomic E-state index is 13.0. The second kappa shape index (κ2) is 8.93. The van der Waals surface area contributed by atoms with Crippen molar-refractivity contribution in [3.05, 3.63) is 64.3 Å². The monoisotopic (exact) mass is 401 g/mol. The van der Waals surface area contributed by atoms with Gasteiger partial charge in [-0.15, -0.1) is 0 Å². The van der Waals surface area contributed by atoms with E-state index >= 15 is 0 Å². The molecule has 3 rings (SSSR count). The molecule has 2 aromatic rings. The quantitative estimate of drug-likeness (QED) is 0.620. The Labute approximate surface area is 167 Å². The summed E-state index contributed by atoms with van der Waals surface area (Å²) in [6.45, 7) is 4.87. The van der Waals surface area contributed by atoms with Gasteiger partial charge in [-0.25, -0.2) is 4.39 Å². The molecular formula is C21H20FNO4S. The van der Waals surface area contributed by atoms with Gasteiger partial charge in [0, 0.05) is 0 Å². The molecule has 0 bridgehead atoms. The Morgan fingerprint density at radius 3 is 2.36 bits per heavy atom. The van der Waals surface area contributed by atoms with E-state index in [1.807, 2.05) is 19.9 Å². The van der Waals surface area contributed by atoms with Crippen LogP contribution in [-0.4, -0.2) is 29.3 Å². The fourth-order valence-electron chi connectivity index (χ4n) is 2.72. The van der Waals surface area contributed by atoms with E-state index in [-0.39, 0.29) is 23.5 Å². The van der Waals surface area contributed by atoms with Gasteiger partial charge in [0.2, 0.25) is 0 Å². The molecule has 2 amide bonds. The van der Waals surface area contributed by atoms with Crippen molar-refractivity contribution in [2.45, 2.75) is 20.4 Å². The van der Waals surface area contributed by atoms with Crippen LogP contribution in [0.4, 0.5) is 9.18 Å². The molecule has 0 aromatic heterocycles. The first-order valence-corrected chi connectivity index (χ1v) is 9.73. The zero-order valence-electron chi connectivity index (χ0n) is 15.6. The summed E-state index contributed by atoms with van der Waals surface area (Å²) in [5, 5.41) is -0.350. The van der Waals surface area contributed by atoms with Gasteiger partial charge in [0.25, 0.3) is 11.1 Å². The number of thioether (sulfide) groups is 1. The number of amides is 2. The lowest BCUT2D eigenvalue weighted by molar-refractivity contribution is -0.123. The SMILES string of the molecule is CCOc1ccc(/C=C2\SC(=O)N(Cc3ccc(F)cc3)C2=O)cc1OCC. The number of hydrogen-bond donors (Lipinski definition) is 0. The van der Waals surface area contributed by atoms with E-state index in [9.17, 15) is 14.0 Å². The lowest BCUT2D eigenvalue weighted by atomic mass is 10.1. The normalized spacial score (nSPS) is 15.4. The highest BCUT2D eigenvalue weighted by Gasteiger charge is 2.35. The highest BCUT2D eigenvalue weighted by molar-refractivity contribution is 8.18. The van der Waals surface area contributed by atoms with Gasteiger partial charge in [0.1, 0.15) is 5.82 Å². The number of carbonyl (C=O) groups is 2. The molecule has 0 atom stereocenters. The van der Waals surface area contributed by atoms with Crippen molar-refractivity contribution in [3.63, 3.8) is 0 Å². The van der Waals surface area contributed by atoms with Crippen molar-refractivity contribution in [1.82, 2.24) is 4.90 Å². The van der Waals surface area contributed by atoms with Crippen LogP contribution in [0.2, 0.25) is 0 Å². The number of rotatable bonds is 7. The minimum Gasteiger partial charge on any atom is -0.490 e. The van der Waals surface area contributed by atoms with Crippen molar-refractivity contribution < 1.29 is 23.5 Å². The molecule has 0 spiro atoms. The lowest BCUT2D eigenvalue weighted by Crippen LogP contribution is -2.27. The van der Waals surface area contributed by atoms with Gasteiger partial charge in [-0.05, 0) is 67.1 Å². The van der Waals surface area contributed by atoms with E-state index in [1.165, 1.54) is 12.1 Å². The molecule has 1 saturated heterocycles. The van der Waals surface area contributed by atoms with Crippen LogP contribution in [0.15, 0.2) is 47.4 Å². The van der Waals surface area contributed by atoms with Gasteiger partial charge in [0.15, 0.2) is 11.5 Å². The first kappa shape index (κ1) is 19.9. The van der Waals surface area contributed by atoms with Crippen molar-refractivity contribution >= 4 is 29.0 Å². The van der Waals surface area contributed by atoms with Crippen molar-refractivity contribution in [2.75, 3.05) is 13.2 Å². The maximum Gasteiger partial charge on any atom is 0.293 e. The van der Waals surface area contributed by atoms with Gasteiger partial charge in [-0.2, -0.15) is 0 Å². The maximum atomic E-state index is 13.0. The largest absolute Gasteiger partial charge is 0.490 e. The third kappa shape index (κ3) is 4.54. The molecule has 0 unspecified atom stereocenters. The molecule has 146 valence electrons. The summed E-state index contributed by atoms with van der Waals surface area (Å²) < 4.78 is 24.2. The number of halogens is 1. The van der Waals surface area contributed by atoms with Crippen LogP contribution in [0.1, 0.15) is 25.0 Å². The molecule has 2 aromatic carbocycles. The lowest BCUT2D eigenvalue weighted by Gasteiger charge is -2.12. The molecule has 0 aliphatic carbocycles. The standard InChI is InChI=1S/C21H20FNO4S/c1-3-26-17-10-7-15(11-18(17)27-4-2)12-19-20(24)23(21(25)28-19)13-14-5-8-16(22)9-6-14/h5-12H,3-4,13H2,1-2H3/b19-12-. The number of imide groups is 1. The number of carbonyl (C=O) groups excluding carboxylic acids is 2. The fraction of sp³-hybridized carbons (Fsp3) is 0.238. The van der Waals surface area contributed by atoms with Gasteiger partial charge < -0.3 is 9.47 Å². The number of benzene rings is 2. The minimum absolute atomic E-state index is 0.107. The van der Waals surface area contributed by atoms with Crippen LogP contribution < -0.4 is 9.47 Å². The molecule has 28 heavy (non-hydrogen) atoms. The summed E-state index contributed by atoms with van der Waals surface area (Å²) in [5.41, 5.74) is 1.42. The number of ether oxygens (including phenoxy) is 2. The van der Waals surface area contributed by atoms with Gasteiger partial charge in [0.05, 0.1) is 24.7 Å². The summed E-state index contributed by atoms with van der Waals surface area (Å²) >= 11 is 0.885. The van der Waals surface area contributed by atoms with Crippen molar-refractivity contribution in [1.29, 1.82) is 0 Å². The minimum atomic E-state index is -0.369. The Balaban J connectivity index is 1.81. The smallest absolute Gasteiger partial charge is 0.293 e. The molecule has 0 N–H and O–H groups in total. The first-order chi connectivity index (χ1) is 13.5. The molecule has 0 radical (unpaired) electrons. The molecule has 1 heterocycles. The third-order valence-electron chi connectivity index (χ3n) is 3.99. The summed E-state index contributed by atoms with van der Waals surface area (Å²) in [7, 11) is 0. The van der Waals surface area contributed by atoms with Crippen molar-refractivity contribution in [2.24, 2.45) is 0 Å². The van der Waals surface area contributed by atoms with E-state index in [1.54, 1.807) is 30.3 Å². The van der Waals surface area contributed by atoms with Crippen LogP contribution in [0.25, 0.3) is 6.08 Å². The van der Waals surface area contributed by atoms with Gasteiger partial charge >= 0.3 is 0 Å². The van der Waals surface area contributed by atoms with E-state index in [2.05, 4.69) is 0 Å². The highest BCUT2D eigenvalue weighted by atomic mass is 32.2. The molecule has 1 fully saturated rings. The fourth-order valence-corrected chi connectivity index (χ4v) is 3.56. The second-order valence-electron chi connectivity index (χ2n) is 5.97. The number of nitrogens with zero attached hydrogens (tertiary/aromatic N) is 1. The van der Waals surface area contributed by atoms with E-state index in [0.29, 0.717) is 35.2 Å². The molecule has 0 saturated carbocycles. The zero-order valence-corrected chi connectivity index (χ0v) is 16.4. The highest BCUT2D eigenvalue weighted by Crippen LogP contribution is 2.35. The summed E-state index contributed by atoms with van der Waals surface area (Å²) in [4.78, 5) is 26.4. The first-order valence-electron chi connectivity index (χ1n) is 8.91. The van der Waals surface area contributed by atoms with E-state index in [0.717, 1.165) is 22.2 Å². The Morgan fingerprint density at radius 2 is 1.68 bits per heavy atom. The van der Waals surface area contributed by atoms with Crippen LogP contribution in [0, 0.1) is 5.82 Å². The number of hydrogen-bond acceptors (Lipinski definition) is 5. The Morgan fingerprint density at radius 1 is 1.00 bits per heavy atom. The van der Waals surface area contributed by atoms with Crippen molar-refractivity contribution in [3.8, 4) is 11.5 Å². The average molecular weight is 401 g/mol. The topological polar surface area (TPSA) is 55.8 Å². The Kier molecular flexibility index (Phi) is 6.36. The molecule has 7 heteroatoms. The molecule has 5 nitrogen and oxygen atoms in total. The summed E-state index contributed by atoms with van der Waals surface area (Å²) in [6, 6.07) is 11.1. The summed E-state index contributed by atoms with van der Waals surface area (Å²) in [5.74, 6) is 0.485. The zero-order chi connectivity index (χ0) is 20.1. The van der Waals surface area contributed by atoms with Crippen LogP contribution in [0.3, 0.4) is 0 Å². The van der Waals surface area contributed by atoms with Crippen LogP contribution in [-0.2, 0) is 11.3 Å². The molecule has 1 aliphatic rings. The van der Waals surface area contributed by atoms with Crippen LogP contribution in [0.5, 0.6) is 11.5 Å². The third-order valence-corrected chi connectivity index (χ3v) is 4.90. The average Bonchev–Trinajstić information content (AvgIpc) is 2.93. The predicted molar refractivity (Wildman–Crippen MR) is 107 cm³/mol. The predicted octanol–water partition coefficient (Wildman–Crippen LogP) is 4.86. The van der Waals surface area contributed by atoms with Gasteiger partial charge in [-0.3, -0.25) is 14.5 Å². The van der Waals surface area contributed by atoms with E-state index in [4.69, 9.17) is 9.47 Å². The Hall–Kier alpha value is -2.80. The Bertz CT molecular complexity index is 911.